The number of benzene rings is 1. The van der Waals surface area contributed by atoms with Gasteiger partial charge in [-0.25, -0.2) is 0 Å². The van der Waals surface area contributed by atoms with E-state index in [0.29, 0.717) is 17.9 Å². The number of halogens is 1. The van der Waals surface area contributed by atoms with Crippen molar-refractivity contribution >= 4 is 29.2 Å². The first-order chi connectivity index (χ1) is 9.49. The lowest BCUT2D eigenvalue weighted by molar-refractivity contribution is -0.146. The van der Waals surface area contributed by atoms with Gasteiger partial charge in [0.1, 0.15) is 5.75 Å². The van der Waals surface area contributed by atoms with Crippen LogP contribution in [0.25, 0.3) is 0 Å². The summed E-state index contributed by atoms with van der Waals surface area (Å²) >= 11 is 5.80. The minimum atomic E-state index is -0.996. The van der Waals surface area contributed by atoms with Gasteiger partial charge in [0.2, 0.25) is 5.91 Å². The second-order valence-electron chi connectivity index (χ2n) is 4.64. The van der Waals surface area contributed by atoms with Crippen molar-refractivity contribution in [2.24, 2.45) is 11.8 Å². The van der Waals surface area contributed by atoms with Gasteiger partial charge in [0, 0.05) is 5.02 Å². The second-order valence-corrected chi connectivity index (χ2v) is 5.08. The smallest absolute Gasteiger partial charge is 0.307 e. The van der Waals surface area contributed by atoms with Crippen LogP contribution in [0, 0.1) is 11.8 Å². The predicted molar refractivity (Wildman–Crippen MR) is 74.7 cm³/mol. The SMILES string of the molecule is O=C(O)[C@H]1CC=CC[C@H]1C(=O)Nc1cc(Cl)ccc1O. The van der Waals surface area contributed by atoms with Crippen LogP contribution in [0.4, 0.5) is 5.69 Å². The van der Waals surface area contributed by atoms with Crippen LogP contribution in [-0.4, -0.2) is 22.1 Å². The van der Waals surface area contributed by atoms with E-state index in [-0.39, 0.29) is 11.4 Å². The Kier molecular flexibility index (Phi) is 4.29. The first-order valence-corrected chi connectivity index (χ1v) is 6.54. The van der Waals surface area contributed by atoms with Gasteiger partial charge < -0.3 is 15.5 Å². The quantitative estimate of drug-likeness (QED) is 0.591. The summed E-state index contributed by atoms with van der Waals surface area (Å²) in [4.78, 5) is 23.3. The number of carbonyl (C=O) groups is 2. The Morgan fingerprint density at radius 3 is 2.50 bits per heavy atom. The molecule has 0 aliphatic heterocycles. The monoisotopic (exact) mass is 295 g/mol. The molecule has 0 saturated carbocycles. The third-order valence-electron chi connectivity index (χ3n) is 3.30. The maximum absolute atomic E-state index is 12.2. The molecule has 106 valence electrons. The number of amides is 1. The molecule has 1 aliphatic carbocycles. The number of rotatable bonds is 3. The largest absolute Gasteiger partial charge is 0.506 e. The van der Waals surface area contributed by atoms with E-state index in [1.165, 1.54) is 18.2 Å². The zero-order valence-electron chi connectivity index (χ0n) is 10.5. The fourth-order valence-electron chi connectivity index (χ4n) is 2.21. The van der Waals surface area contributed by atoms with Crippen molar-refractivity contribution in [3.8, 4) is 5.75 Å². The third kappa shape index (κ3) is 3.11. The van der Waals surface area contributed by atoms with Gasteiger partial charge in [0.05, 0.1) is 17.5 Å². The summed E-state index contributed by atoms with van der Waals surface area (Å²) in [6, 6.07) is 4.28. The molecule has 0 saturated heterocycles. The van der Waals surface area contributed by atoms with Crippen molar-refractivity contribution < 1.29 is 19.8 Å². The number of hydrogen-bond acceptors (Lipinski definition) is 3. The third-order valence-corrected chi connectivity index (χ3v) is 3.54. The van der Waals surface area contributed by atoms with Crippen molar-refractivity contribution in [3.05, 3.63) is 35.4 Å². The molecule has 0 bridgehead atoms. The van der Waals surface area contributed by atoms with E-state index in [9.17, 15) is 14.7 Å². The van der Waals surface area contributed by atoms with E-state index in [1.807, 2.05) is 0 Å². The summed E-state index contributed by atoms with van der Waals surface area (Å²) in [5.74, 6) is -2.94. The highest BCUT2D eigenvalue weighted by Gasteiger charge is 2.34. The molecule has 0 radical (unpaired) electrons. The van der Waals surface area contributed by atoms with E-state index in [2.05, 4.69) is 5.32 Å². The summed E-state index contributed by atoms with van der Waals surface area (Å²) in [6.07, 6.45) is 4.25. The number of allylic oxidation sites excluding steroid dienone is 2. The molecular weight excluding hydrogens is 282 g/mol. The number of aromatic hydroxyl groups is 1. The van der Waals surface area contributed by atoms with Gasteiger partial charge in [0.15, 0.2) is 0 Å². The summed E-state index contributed by atoms with van der Waals surface area (Å²) in [5.41, 5.74) is 0.182. The summed E-state index contributed by atoms with van der Waals surface area (Å²) in [5, 5.41) is 21.7. The van der Waals surface area contributed by atoms with Crippen LogP contribution in [0.1, 0.15) is 12.8 Å². The molecule has 1 aliphatic rings. The second kappa shape index (κ2) is 5.96. The minimum Gasteiger partial charge on any atom is -0.506 e. The Bertz CT molecular complexity index is 570. The average Bonchev–Trinajstić information content (AvgIpc) is 2.42. The highest BCUT2D eigenvalue weighted by atomic mass is 35.5. The summed E-state index contributed by atoms with van der Waals surface area (Å²) in [7, 11) is 0. The van der Waals surface area contributed by atoms with Crippen LogP contribution in [0.2, 0.25) is 5.02 Å². The van der Waals surface area contributed by atoms with Crippen LogP contribution in [0.3, 0.4) is 0 Å². The minimum absolute atomic E-state index is 0.110. The molecule has 3 N–H and O–H groups in total. The molecule has 1 aromatic rings. The molecule has 2 atom stereocenters. The molecule has 0 aromatic heterocycles. The van der Waals surface area contributed by atoms with Gasteiger partial charge in [0.25, 0.3) is 0 Å². The number of phenolic OH excluding ortho intramolecular Hbond substituents is 1. The summed E-state index contributed by atoms with van der Waals surface area (Å²) in [6.45, 7) is 0. The first-order valence-electron chi connectivity index (χ1n) is 6.16. The van der Waals surface area contributed by atoms with Crippen molar-refractivity contribution in [2.45, 2.75) is 12.8 Å². The Morgan fingerprint density at radius 2 is 1.85 bits per heavy atom. The Morgan fingerprint density at radius 1 is 1.20 bits per heavy atom. The Hall–Kier alpha value is -2.01. The number of hydrogen-bond donors (Lipinski definition) is 3. The van der Waals surface area contributed by atoms with E-state index >= 15 is 0 Å². The van der Waals surface area contributed by atoms with Gasteiger partial charge in [-0.2, -0.15) is 0 Å². The molecule has 0 spiro atoms. The number of aliphatic carboxylic acids is 1. The van der Waals surface area contributed by atoms with E-state index in [0.717, 1.165) is 0 Å². The fourth-order valence-corrected chi connectivity index (χ4v) is 2.38. The van der Waals surface area contributed by atoms with Crippen LogP contribution in [0.15, 0.2) is 30.4 Å². The fraction of sp³-hybridized carbons (Fsp3) is 0.286. The van der Waals surface area contributed by atoms with Crippen LogP contribution in [0.5, 0.6) is 5.75 Å². The average molecular weight is 296 g/mol. The molecule has 20 heavy (non-hydrogen) atoms. The van der Waals surface area contributed by atoms with E-state index < -0.39 is 23.7 Å². The molecule has 0 heterocycles. The van der Waals surface area contributed by atoms with Gasteiger partial charge in [-0.3, -0.25) is 9.59 Å². The zero-order chi connectivity index (χ0) is 14.7. The molecule has 1 aromatic carbocycles. The number of phenols is 1. The molecule has 6 heteroatoms. The standard InChI is InChI=1S/C14H14ClNO4/c15-8-5-6-12(17)11(7-8)16-13(18)9-3-1-2-4-10(9)14(19)20/h1-2,5-7,9-10,17H,3-4H2,(H,16,18)(H,19,20)/t9-,10+/m1/s1. The van der Waals surface area contributed by atoms with Gasteiger partial charge in [-0.15, -0.1) is 0 Å². The maximum atomic E-state index is 12.2. The van der Waals surface area contributed by atoms with Crippen LogP contribution in [-0.2, 0) is 9.59 Å². The maximum Gasteiger partial charge on any atom is 0.307 e. The van der Waals surface area contributed by atoms with E-state index in [1.54, 1.807) is 12.2 Å². The van der Waals surface area contributed by atoms with Gasteiger partial charge >= 0.3 is 5.97 Å². The lowest BCUT2D eigenvalue weighted by atomic mass is 9.82. The van der Waals surface area contributed by atoms with E-state index in [4.69, 9.17) is 16.7 Å². The number of anilines is 1. The molecule has 2 rings (SSSR count). The zero-order valence-corrected chi connectivity index (χ0v) is 11.3. The normalized spacial score (nSPS) is 21.4. The number of carboxylic acid groups (broad SMARTS) is 1. The topological polar surface area (TPSA) is 86.6 Å². The highest BCUT2D eigenvalue weighted by molar-refractivity contribution is 6.31. The van der Waals surface area contributed by atoms with Crippen LogP contribution < -0.4 is 5.32 Å². The van der Waals surface area contributed by atoms with Crippen molar-refractivity contribution in [1.82, 2.24) is 0 Å². The highest BCUT2D eigenvalue weighted by Crippen LogP contribution is 2.30. The molecule has 5 nitrogen and oxygen atoms in total. The number of nitrogens with one attached hydrogen (secondary N) is 1. The van der Waals surface area contributed by atoms with Crippen molar-refractivity contribution in [2.75, 3.05) is 5.32 Å². The first kappa shape index (κ1) is 14.4. The molecule has 1 amide bonds. The predicted octanol–water partition coefficient (Wildman–Crippen LogP) is 2.65. The lowest BCUT2D eigenvalue weighted by Gasteiger charge is -2.24. The van der Waals surface area contributed by atoms with Crippen molar-refractivity contribution in [1.29, 1.82) is 0 Å². The molecule has 0 fully saturated rings. The lowest BCUT2D eigenvalue weighted by Crippen LogP contribution is -2.34. The van der Waals surface area contributed by atoms with Gasteiger partial charge in [-0.1, -0.05) is 23.8 Å². The molecule has 0 unspecified atom stereocenters. The number of carbonyl (C=O) groups excluding carboxylic acids is 1. The number of carboxylic acids is 1. The Labute approximate surface area is 120 Å². The van der Waals surface area contributed by atoms with Crippen LogP contribution >= 0.6 is 11.6 Å². The van der Waals surface area contributed by atoms with Crippen molar-refractivity contribution in [3.63, 3.8) is 0 Å². The molecular formula is C14H14ClNO4. The Balaban J connectivity index is 2.16. The van der Waals surface area contributed by atoms with Gasteiger partial charge in [-0.05, 0) is 31.0 Å². The summed E-state index contributed by atoms with van der Waals surface area (Å²) < 4.78 is 0.